The Morgan fingerprint density at radius 3 is 1.78 bits per heavy atom. The van der Waals surface area contributed by atoms with Gasteiger partial charge in [0.2, 0.25) is 0 Å². The van der Waals surface area contributed by atoms with Crippen molar-refractivity contribution in [3.63, 3.8) is 0 Å². The van der Waals surface area contributed by atoms with Crippen LogP contribution >= 0.6 is 0 Å². The van der Waals surface area contributed by atoms with E-state index < -0.39 is 0 Å². The third-order valence-electron chi connectivity index (χ3n) is 9.54. The van der Waals surface area contributed by atoms with Crippen LogP contribution in [0, 0.1) is 0 Å². The van der Waals surface area contributed by atoms with Crippen LogP contribution in [0.1, 0.15) is 12.8 Å². The summed E-state index contributed by atoms with van der Waals surface area (Å²) in [6.07, 6.45) is 9.09. The summed E-state index contributed by atoms with van der Waals surface area (Å²) in [7, 11) is 0. The number of furan rings is 1. The van der Waals surface area contributed by atoms with E-state index in [0.29, 0.717) is 0 Å². The first-order valence-corrected chi connectivity index (χ1v) is 15.7. The van der Waals surface area contributed by atoms with E-state index in [-0.39, 0.29) is 0 Å². The Morgan fingerprint density at radius 1 is 0.467 bits per heavy atom. The van der Waals surface area contributed by atoms with Crippen molar-refractivity contribution in [3.8, 4) is 16.8 Å². The largest absolute Gasteiger partial charge is 0.454 e. The van der Waals surface area contributed by atoms with Crippen molar-refractivity contribution in [1.29, 1.82) is 0 Å². The molecule has 0 fully saturated rings. The Morgan fingerprint density at radius 2 is 1.07 bits per heavy atom. The SMILES string of the molecule is C1=CC(n2c3ccccc3c3cc(-c4ccc5c(c4)c4ccccc4n5-c4cccc5c4oc4ccccc45)ccc32)=CCC1. The van der Waals surface area contributed by atoms with Gasteiger partial charge in [-0.2, -0.15) is 0 Å². The summed E-state index contributed by atoms with van der Waals surface area (Å²) >= 11 is 0. The second-order valence-electron chi connectivity index (χ2n) is 12.0. The van der Waals surface area contributed by atoms with Gasteiger partial charge in [-0.05, 0) is 78.6 Å². The molecule has 9 aromatic rings. The average molecular weight is 577 g/mol. The number of benzene rings is 6. The lowest BCUT2D eigenvalue weighted by Crippen LogP contribution is -1.96. The van der Waals surface area contributed by atoms with Gasteiger partial charge < -0.3 is 13.6 Å². The zero-order valence-electron chi connectivity index (χ0n) is 24.6. The summed E-state index contributed by atoms with van der Waals surface area (Å²) in [5.41, 5.74) is 11.4. The molecule has 0 saturated carbocycles. The Bertz CT molecular complexity index is 2710. The fourth-order valence-corrected chi connectivity index (χ4v) is 7.52. The van der Waals surface area contributed by atoms with E-state index in [2.05, 4.69) is 143 Å². The van der Waals surface area contributed by atoms with Crippen LogP contribution in [0.15, 0.2) is 150 Å². The molecule has 1 aliphatic carbocycles. The number of hydrogen-bond acceptors (Lipinski definition) is 1. The summed E-state index contributed by atoms with van der Waals surface area (Å²) in [5, 5.41) is 7.31. The lowest BCUT2D eigenvalue weighted by atomic mass is 10.0. The Hall–Kier alpha value is -5.80. The van der Waals surface area contributed by atoms with Crippen LogP contribution < -0.4 is 0 Å². The maximum atomic E-state index is 6.49. The number of allylic oxidation sites excluding steroid dienone is 4. The molecule has 10 rings (SSSR count). The smallest absolute Gasteiger partial charge is 0.159 e. The topological polar surface area (TPSA) is 23.0 Å². The van der Waals surface area contributed by atoms with Crippen molar-refractivity contribution in [2.75, 3.05) is 0 Å². The van der Waals surface area contributed by atoms with E-state index in [1.54, 1.807) is 0 Å². The zero-order valence-corrected chi connectivity index (χ0v) is 24.6. The fourth-order valence-electron chi connectivity index (χ4n) is 7.52. The third kappa shape index (κ3) is 3.52. The van der Waals surface area contributed by atoms with Gasteiger partial charge >= 0.3 is 0 Å². The molecular formula is C42H28N2O. The van der Waals surface area contributed by atoms with E-state index in [1.165, 1.54) is 60.4 Å². The number of para-hydroxylation sites is 4. The molecule has 6 aromatic carbocycles. The second-order valence-corrected chi connectivity index (χ2v) is 12.0. The molecule has 45 heavy (non-hydrogen) atoms. The molecule has 0 bridgehead atoms. The third-order valence-corrected chi connectivity index (χ3v) is 9.54. The van der Waals surface area contributed by atoms with Crippen molar-refractivity contribution in [2.45, 2.75) is 12.8 Å². The van der Waals surface area contributed by atoms with Crippen LogP contribution in [0.5, 0.6) is 0 Å². The van der Waals surface area contributed by atoms with Crippen molar-refractivity contribution in [3.05, 3.63) is 146 Å². The molecule has 3 nitrogen and oxygen atoms in total. The summed E-state index contributed by atoms with van der Waals surface area (Å²) in [6.45, 7) is 0. The first kappa shape index (κ1) is 24.6. The highest BCUT2D eigenvalue weighted by atomic mass is 16.3. The molecule has 0 unspecified atom stereocenters. The summed E-state index contributed by atoms with van der Waals surface area (Å²) in [5.74, 6) is 0. The molecule has 3 heteroatoms. The minimum Gasteiger partial charge on any atom is -0.454 e. The maximum absolute atomic E-state index is 6.49. The Kier molecular flexibility index (Phi) is 5.11. The van der Waals surface area contributed by atoms with Gasteiger partial charge in [-0.1, -0.05) is 91.0 Å². The number of hydrogen-bond donors (Lipinski definition) is 0. The number of nitrogens with zero attached hydrogens (tertiary/aromatic N) is 2. The highest BCUT2D eigenvalue weighted by molar-refractivity contribution is 6.14. The number of rotatable bonds is 3. The van der Waals surface area contributed by atoms with Crippen molar-refractivity contribution in [2.24, 2.45) is 0 Å². The van der Waals surface area contributed by atoms with Gasteiger partial charge in [0, 0.05) is 38.0 Å². The lowest BCUT2D eigenvalue weighted by Gasteiger charge is -2.12. The van der Waals surface area contributed by atoms with Crippen LogP contribution in [0.2, 0.25) is 0 Å². The quantitative estimate of drug-likeness (QED) is 0.205. The summed E-state index contributed by atoms with van der Waals surface area (Å²) < 4.78 is 11.3. The molecule has 0 N–H and O–H groups in total. The molecule has 0 aliphatic heterocycles. The second kappa shape index (κ2) is 9.35. The van der Waals surface area contributed by atoms with Crippen molar-refractivity contribution >= 4 is 71.2 Å². The van der Waals surface area contributed by atoms with Gasteiger partial charge in [0.1, 0.15) is 5.58 Å². The van der Waals surface area contributed by atoms with E-state index in [9.17, 15) is 0 Å². The minimum absolute atomic E-state index is 0.912. The number of aromatic nitrogens is 2. The van der Waals surface area contributed by atoms with Crippen LogP contribution in [0.25, 0.3) is 88.1 Å². The minimum atomic E-state index is 0.912. The molecule has 3 aromatic heterocycles. The van der Waals surface area contributed by atoms with Gasteiger partial charge in [-0.25, -0.2) is 0 Å². The normalized spacial score (nSPS) is 13.6. The van der Waals surface area contributed by atoms with Crippen LogP contribution in [0.3, 0.4) is 0 Å². The Labute approximate surface area is 259 Å². The monoisotopic (exact) mass is 576 g/mol. The summed E-state index contributed by atoms with van der Waals surface area (Å²) in [6, 6.07) is 46.1. The van der Waals surface area contributed by atoms with Gasteiger partial charge in [0.15, 0.2) is 5.58 Å². The van der Waals surface area contributed by atoms with E-state index >= 15 is 0 Å². The van der Waals surface area contributed by atoms with Crippen LogP contribution in [-0.4, -0.2) is 9.13 Å². The van der Waals surface area contributed by atoms with Crippen LogP contribution in [-0.2, 0) is 0 Å². The van der Waals surface area contributed by atoms with Gasteiger partial charge in [0.25, 0.3) is 0 Å². The lowest BCUT2D eigenvalue weighted by molar-refractivity contribution is 0.666. The first-order valence-electron chi connectivity index (χ1n) is 15.7. The average Bonchev–Trinajstić information content (AvgIpc) is 3.76. The molecule has 0 spiro atoms. The van der Waals surface area contributed by atoms with E-state index in [0.717, 1.165) is 40.5 Å². The predicted molar refractivity (Wildman–Crippen MR) is 189 cm³/mol. The highest BCUT2D eigenvalue weighted by Crippen LogP contribution is 2.40. The van der Waals surface area contributed by atoms with Gasteiger partial charge in [-0.15, -0.1) is 0 Å². The molecule has 0 amide bonds. The first-order chi connectivity index (χ1) is 22.3. The number of fused-ring (bicyclic) bond motifs is 9. The van der Waals surface area contributed by atoms with E-state index in [4.69, 9.17) is 4.42 Å². The molecule has 1 aliphatic rings. The molecule has 212 valence electrons. The fraction of sp³-hybridized carbons (Fsp3) is 0.0476. The highest BCUT2D eigenvalue weighted by Gasteiger charge is 2.19. The van der Waals surface area contributed by atoms with Crippen molar-refractivity contribution < 1.29 is 4.42 Å². The van der Waals surface area contributed by atoms with Crippen molar-refractivity contribution in [1.82, 2.24) is 9.13 Å². The Balaban J connectivity index is 1.19. The molecule has 0 saturated heterocycles. The predicted octanol–water partition coefficient (Wildman–Crippen LogP) is 11.6. The standard InChI is InChI=1S/C42H28N2O/c1-2-11-29(12-3-1)43-36-17-7-4-13-30(36)34-25-27(21-23-38(34)43)28-22-24-39-35(26-28)31-14-5-8-18-37(31)44(39)40-19-10-16-33-32-15-6-9-20-41(32)45-42(33)40/h2,4-26H,1,3H2. The molecule has 0 radical (unpaired) electrons. The molecular weight excluding hydrogens is 548 g/mol. The van der Waals surface area contributed by atoms with Gasteiger partial charge in [0.05, 0.1) is 27.8 Å². The molecule has 3 heterocycles. The zero-order chi connectivity index (χ0) is 29.5. The maximum Gasteiger partial charge on any atom is 0.159 e. The van der Waals surface area contributed by atoms with Gasteiger partial charge in [-0.3, -0.25) is 0 Å². The van der Waals surface area contributed by atoms with E-state index in [1.807, 2.05) is 12.1 Å². The van der Waals surface area contributed by atoms with Crippen LogP contribution in [0.4, 0.5) is 0 Å². The summed E-state index contributed by atoms with van der Waals surface area (Å²) in [4.78, 5) is 0. The molecule has 0 atom stereocenters.